The molecule has 0 saturated heterocycles. The second-order valence-corrected chi connectivity index (χ2v) is 7.34. The van der Waals surface area contributed by atoms with Crippen LogP contribution in [0.1, 0.15) is 42.4 Å². The molecular weight excluding hydrogens is 336 g/mol. The molecule has 0 bridgehead atoms. The van der Waals surface area contributed by atoms with Gasteiger partial charge in [0.25, 0.3) is 0 Å². The zero-order valence-corrected chi connectivity index (χ0v) is 15.9. The number of benzene rings is 3. The minimum atomic E-state index is 0. The molecule has 0 heterocycles. The van der Waals surface area contributed by atoms with Gasteiger partial charge in [0.2, 0.25) is 0 Å². The predicted octanol–water partition coefficient (Wildman–Crippen LogP) is 5.21. The van der Waals surface area contributed by atoms with Gasteiger partial charge in [-0.3, -0.25) is 0 Å². The smallest absolute Gasteiger partial charge is 0.00818 e. The maximum absolute atomic E-state index is 2.46. The normalized spacial score (nSPS) is 17.3. The molecule has 0 aromatic heterocycles. The van der Waals surface area contributed by atoms with E-state index in [0.717, 1.165) is 6.42 Å². The van der Waals surface area contributed by atoms with Crippen LogP contribution in [0.5, 0.6) is 0 Å². The van der Waals surface area contributed by atoms with E-state index in [2.05, 4.69) is 79.7 Å². The lowest BCUT2D eigenvalue weighted by Crippen LogP contribution is -2.37. The van der Waals surface area contributed by atoms with Gasteiger partial charge < -0.3 is 0 Å². The van der Waals surface area contributed by atoms with Gasteiger partial charge >= 0.3 is 0 Å². The van der Waals surface area contributed by atoms with Gasteiger partial charge in [-0.25, -0.2) is 0 Å². The van der Waals surface area contributed by atoms with E-state index in [0.29, 0.717) is 5.92 Å². The van der Waals surface area contributed by atoms with Crippen LogP contribution in [0.4, 0.5) is 0 Å². The maximum Gasteiger partial charge on any atom is -0.00818 e. The number of hydrogen-bond donors (Lipinski definition) is 0. The van der Waals surface area contributed by atoms with Crippen LogP contribution < -0.4 is 10.4 Å². The van der Waals surface area contributed by atoms with E-state index in [9.17, 15) is 0 Å². The quantitative estimate of drug-likeness (QED) is 0.560. The average Bonchev–Trinajstić information content (AvgIpc) is 2.68. The standard InChI is InChI=1S/C25H22.ClH/c1-17-11-13-22(18-7-3-2-4-8-18)25-20(17)15-16-23-21-10-6-5-9-19(21)12-14-24(23)25;/h2-10,14-17H,11-13H2,1H3;1H. The topological polar surface area (TPSA) is 0 Å². The zero-order valence-electron chi connectivity index (χ0n) is 15.0. The van der Waals surface area contributed by atoms with Crippen molar-refractivity contribution in [3.8, 4) is 11.1 Å². The van der Waals surface area contributed by atoms with Crippen molar-refractivity contribution in [2.45, 2.75) is 32.1 Å². The van der Waals surface area contributed by atoms with Gasteiger partial charge in [-0.2, -0.15) is 0 Å². The lowest BCUT2D eigenvalue weighted by Gasteiger charge is -2.25. The molecule has 3 aromatic carbocycles. The molecule has 0 nitrogen and oxygen atoms in total. The highest BCUT2D eigenvalue weighted by molar-refractivity contribution is 5.85. The van der Waals surface area contributed by atoms with E-state index < -0.39 is 0 Å². The second kappa shape index (κ2) is 6.78. The molecule has 0 fully saturated rings. The lowest BCUT2D eigenvalue weighted by atomic mass is 9.79. The van der Waals surface area contributed by atoms with Crippen LogP contribution in [0.2, 0.25) is 0 Å². The lowest BCUT2D eigenvalue weighted by molar-refractivity contribution is 0.673. The second-order valence-electron chi connectivity index (χ2n) is 7.34. The van der Waals surface area contributed by atoms with Gasteiger partial charge in [0.15, 0.2) is 0 Å². The van der Waals surface area contributed by atoms with Crippen LogP contribution in [0.25, 0.3) is 22.8 Å². The summed E-state index contributed by atoms with van der Waals surface area (Å²) in [4.78, 5) is 0. The highest BCUT2D eigenvalue weighted by atomic mass is 35.5. The fourth-order valence-corrected chi connectivity index (χ4v) is 4.57. The first-order chi connectivity index (χ1) is 12.3. The molecule has 0 spiro atoms. The van der Waals surface area contributed by atoms with Crippen LogP contribution in [0, 0.1) is 0 Å². The van der Waals surface area contributed by atoms with E-state index in [4.69, 9.17) is 0 Å². The minimum Gasteiger partial charge on any atom is -0.147 e. The fourth-order valence-electron chi connectivity index (χ4n) is 4.57. The molecule has 0 aliphatic heterocycles. The van der Waals surface area contributed by atoms with Crippen molar-refractivity contribution in [3.05, 3.63) is 93.9 Å². The van der Waals surface area contributed by atoms with Crippen molar-refractivity contribution in [1.29, 1.82) is 0 Å². The van der Waals surface area contributed by atoms with Crippen LogP contribution in [0.15, 0.2) is 66.7 Å². The van der Waals surface area contributed by atoms with Gasteiger partial charge in [-0.15, -0.1) is 12.4 Å². The highest BCUT2D eigenvalue weighted by Crippen LogP contribution is 2.31. The summed E-state index contributed by atoms with van der Waals surface area (Å²) in [7, 11) is 0. The highest BCUT2D eigenvalue weighted by Gasteiger charge is 2.21. The minimum absolute atomic E-state index is 0. The fraction of sp³-hybridized carbons (Fsp3) is 0.200. The maximum atomic E-state index is 2.46. The Hall–Kier alpha value is -2.31. The average molecular weight is 359 g/mol. The Morgan fingerprint density at radius 1 is 0.808 bits per heavy atom. The van der Waals surface area contributed by atoms with E-state index in [1.54, 1.807) is 0 Å². The van der Waals surface area contributed by atoms with Crippen molar-refractivity contribution >= 4 is 24.1 Å². The summed E-state index contributed by atoms with van der Waals surface area (Å²) in [6.07, 6.45) is 5.91. The predicted molar refractivity (Wildman–Crippen MR) is 113 cm³/mol. The summed E-state index contributed by atoms with van der Waals surface area (Å²) in [5.74, 6) is 0.637. The Balaban J connectivity index is 0.00000168. The number of rotatable bonds is 1. The van der Waals surface area contributed by atoms with Gasteiger partial charge in [0, 0.05) is 0 Å². The number of hydrogen-bond acceptors (Lipinski definition) is 0. The molecule has 26 heavy (non-hydrogen) atoms. The molecule has 0 amide bonds. The van der Waals surface area contributed by atoms with E-state index in [1.807, 2.05) is 0 Å². The number of halogens is 1. The Kier molecular flexibility index (Phi) is 4.46. The summed E-state index contributed by atoms with van der Waals surface area (Å²) >= 11 is 0. The molecule has 1 unspecified atom stereocenters. The third kappa shape index (κ3) is 2.61. The summed E-state index contributed by atoms with van der Waals surface area (Å²) in [6, 6.07) is 24.6. The molecule has 0 saturated carbocycles. The molecule has 3 aromatic rings. The summed E-state index contributed by atoms with van der Waals surface area (Å²) < 4.78 is 0. The largest absolute Gasteiger partial charge is 0.147 e. The Bertz CT molecular complexity index is 1080. The monoisotopic (exact) mass is 358 g/mol. The third-order valence-electron chi connectivity index (χ3n) is 5.89. The summed E-state index contributed by atoms with van der Waals surface area (Å²) in [5.41, 5.74) is 8.70. The SMILES string of the molecule is CC1CCC(c2ccccc2)=c2c1ccc1c2=CCc2ccccc2-1.Cl. The van der Waals surface area contributed by atoms with Gasteiger partial charge in [0.05, 0.1) is 0 Å². The molecule has 2 aliphatic carbocycles. The van der Waals surface area contributed by atoms with Crippen molar-refractivity contribution in [1.82, 2.24) is 0 Å². The molecule has 130 valence electrons. The van der Waals surface area contributed by atoms with Gasteiger partial charge in [-0.1, -0.05) is 79.7 Å². The van der Waals surface area contributed by atoms with Crippen LogP contribution >= 0.6 is 12.4 Å². The summed E-state index contributed by atoms with van der Waals surface area (Å²) in [6.45, 7) is 2.38. The molecule has 0 N–H and O–H groups in total. The van der Waals surface area contributed by atoms with E-state index in [1.165, 1.54) is 56.7 Å². The van der Waals surface area contributed by atoms with E-state index >= 15 is 0 Å². The molecule has 5 rings (SSSR count). The zero-order chi connectivity index (χ0) is 16.8. The molecular formula is C25H23Cl. The van der Waals surface area contributed by atoms with Crippen molar-refractivity contribution in [2.24, 2.45) is 0 Å². The Labute approximate surface area is 161 Å². The van der Waals surface area contributed by atoms with Crippen molar-refractivity contribution in [3.63, 3.8) is 0 Å². The van der Waals surface area contributed by atoms with Crippen LogP contribution in [-0.2, 0) is 6.42 Å². The molecule has 1 heteroatoms. The third-order valence-corrected chi connectivity index (χ3v) is 5.89. The first kappa shape index (κ1) is 17.1. The van der Waals surface area contributed by atoms with Crippen LogP contribution in [0.3, 0.4) is 0 Å². The molecule has 0 radical (unpaired) electrons. The number of fused-ring (bicyclic) bond motifs is 5. The first-order valence-corrected chi connectivity index (χ1v) is 9.33. The van der Waals surface area contributed by atoms with E-state index in [-0.39, 0.29) is 12.4 Å². The van der Waals surface area contributed by atoms with Gasteiger partial charge in [0.1, 0.15) is 0 Å². The summed E-state index contributed by atoms with van der Waals surface area (Å²) in [5, 5.41) is 2.97. The Morgan fingerprint density at radius 2 is 1.58 bits per heavy atom. The van der Waals surface area contributed by atoms with Crippen molar-refractivity contribution in [2.75, 3.05) is 0 Å². The van der Waals surface area contributed by atoms with Crippen molar-refractivity contribution < 1.29 is 0 Å². The molecule has 2 aliphatic rings. The van der Waals surface area contributed by atoms with Gasteiger partial charge in [-0.05, 0) is 69.0 Å². The van der Waals surface area contributed by atoms with Crippen LogP contribution in [-0.4, -0.2) is 0 Å². The Morgan fingerprint density at radius 3 is 2.42 bits per heavy atom. The first-order valence-electron chi connectivity index (χ1n) is 9.33. The molecule has 1 atom stereocenters.